The van der Waals surface area contributed by atoms with E-state index in [4.69, 9.17) is 15.2 Å². The number of likely N-dealkylation sites (tertiary alicyclic amines) is 1. The monoisotopic (exact) mass is 500 g/mol. The number of hydrogen-bond donors (Lipinski definition) is 1. The van der Waals surface area contributed by atoms with Crippen LogP contribution in [0.2, 0.25) is 0 Å². The van der Waals surface area contributed by atoms with Gasteiger partial charge in [-0.15, -0.1) is 0 Å². The summed E-state index contributed by atoms with van der Waals surface area (Å²) < 4.78 is 24.4. The standard InChI is InChI=1S/C32H37FN2O2/c1-22-19-25(9-14-31(22)36-2)29-6-3-5-24-20-26(34)10-13-30(24)32(29)23-7-11-27(12-8-23)37-28-15-18-35(21-28)17-4-16-33/h7-14,19-20,28H,3-6,15-18,21,34H2,1-2H3/t28-/m0/s1. The van der Waals surface area contributed by atoms with Gasteiger partial charge in [-0.3, -0.25) is 9.29 Å². The fraction of sp³-hybridized carbons (Fsp3) is 0.375. The van der Waals surface area contributed by atoms with Crippen LogP contribution in [0.1, 0.15) is 53.5 Å². The van der Waals surface area contributed by atoms with E-state index in [2.05, 4.69) is 66.4 Å². The van der Waals surface area contributed by atoms with Crippen LogP contribution >= 0.6 is 0 Å². The summed E-state index contributed by atoms with van der Waals surface area (Å²) in [7, 11) is 1.72. The average Bonchev–Trinajstić information content (AvgIpc) is 3.26. The van der Waals surface area contributed by atoms with Gasteiger partial charge in [0.15, 0.2) is 0 Å². The fourth-order valence-corrected chi connectivity index (χ4v) is 5.76. The van der Waals surface area contributed by atoms with Crippen molar-refractivity contribution in [1.29, 1.82) is 0 Å². The second-order valence-corrected chi connectivity index (χ2v) is 10.2. The number of benzene rings is 3. The van der Waals surface area contributed by atoms with Crippen molar-refractivity contribution < 1.29 is 13.9 Å². The number of aryl methyl sites for hydroxylation is 2. The molecule has 5 rings (SSSR count). The number of allylic oxidation sites excluding steroid dienone is 1. The Kier molecular flexibility index (Phi) is 7.80. The lowest BCUT2D eigenvalue weighted by Gasteiger charge is -2.19. The van der Waals surface area contributed by atoms with Gasteiger partial charge in [0.1, 0.15) is 17.6 Å². The van der Waals surface area contributed by atoms with Crippen LogP contribution < -0.4 is 15.2 Å². The number of nitrogens with zero attached hydrogens (tertiary/aromatic N) is 1. The van der Waals surface area contributed by atoms with E-state index in [1.54, 1.807) is 7.11 Å². The van der Waals surface area contributed by atoms with Gasteiger partial charge in [0.25, 0.3) is 0 Å². The molecule has 3 aromatic rings. The molecule has 1 aliphatic heterocycles. The van der Waals surface area contributed by atoms with Crippen LogP contribution in [0.5, 0.6) is 11.5 Å². The molecule has 0 unspecified atom stereocenters. The van der Waals surface area contributed by atoms with Gasteiger partial charge in [0, 0.05) is 25.3 Å². The smallest absolute Gasteiger partial charge is 0.121 e. The Hall–Kier alpha value is -3.31. The molecule has 1 saturated heterocycles. The first-order chi connectivity index (χ1) is 18.1. The highest BCUT2D eigenvalue weighted by molar-refractivity contribution is 6.00. The molecule has 3 aromatic carbocycles. The summed E-state index contributed by atoms with van der Waals surface area (Å²) in [5, 5.41) is 0. The van der Waals surface area contributed by atoms with Gasteiger partial charge in [-0.1, -0.05) is 24.3 Å². The molecule has 1 aliphatic carbocycles. The average molecular weight is 501 g/mol. The van der Waals surface area contributed by atoms with Gasteiger partial charge in [-0.25, -0.2) is 0 Å². The fourth-order valence-electron chi connectivity index (χ4n) is 5.76. The van der Waals surface area contributed by atoms with E-state index >= 15 is 0 Å². The predicted molar refractivity (Wildman–Crippen MR) is 150 cm³/mol. The zero-order chi connectivity index (χ0) is 25.8. The number of anilines is 1. The van der Waals surface area contributed by atoms with Gasteiger partial charge in [0.05, 0.1) is 13.8 Å². The van der Waals surface area contributed by atoms with E-state index in [-0.39, 0.29) is 12.8 Å². The lowest BCUT2D eigenvalue weighted by Crippen LogP contribution is -2.26. The molecule has 0 bridgehead atoms. The van der Waals surface area contributed by atoms with Crippen molar-refractivity contribution in [3.05, 3.63) is 88.5 Å². The minimum atomic E-state index is -0.257. The van der Waals surface area contributed by atoms with Crippen LogP contribution in [0.25, 0.3) is 11.1 Å². The molecule has 2 N–H and O–H groups in total. The molecule has 0 saturated carbocycles. The van der Waals surface area contributed by atoms with Crippen molar-refractivity contribution >= 4 is 16.8 Å². The predicted octanol–water partition coefficient (Wildman–Crippen LogP) is 6.69. The lowest BCUT2D eigenvalue weighted by molar-refractivity contribution is 0.198. The van der Waals surface area contributed by atoms with E-state index in [1.165, 1.54) is 33.4 Å². The lowest BCUT2D eigenvalue weighted by atomic mass is 9.87. The van der Waals surface area contributed by atoms with Crippen LogP contribution in [0.4, 0.5) is 10.1 Å². The van der Waals surface area contributed by atoms with Crippen molar-refractivity contribution in [2.75, 3.05) is 39.2 Å². The van der Waals surface area contributed by atoms with Crippen molar-refractivity contribution in [2.24, 2.45) is 0 Å². The largest absolute Gasteiger partial charge is 0.496 e. The minimum Gasteiger partial charge on any atom is -0.496 e. The highest BCUT2D eigenvalue weighted by Crippen LogP contribution is 2.41. The molecule has 0 radical (unpaired) electrons. The van der Waals surface area contributed by atoms with Gasteiger partial charge in [-0.2, -0.15) is 0 Å². The number of alkyl halides is 1. The summed E-state index contributed by atoms with van der Waals surface area (Å²) in [6.07, 6.45) is 4.80. The van der Waals surface area contributed by atoms with E-state index in [0.29, 0.717) is 6.42 Å². The van der Waals surface area contributed by atoms with Crippen molar-refractivity contribution in [3.8, 4) is 11.5 Å². The Morgan fingerprint density at radius 1 is 1.00 bits per heavy atom. The summed E-state index contributed by atoms with van der Waals surface area (Å²) in [5.41, 5.74) is 15.7. The molecule has 0 amide bonds. The number of fused-ring (bicyclic) bond motifs is 1. The van der Waals surface area contributed by atoms with Crippen LogP contribution in [0.3, 0.4) is 0 Å². The highest BCUT2D eigenvalue weighted by Gasteiger charge is 2.24. The Balaban J connectivity index is 1.48. The number of nitrogens with two attached hydrogens (primary N) is 1. The molecule has 4 nitrogen and oxygen atoms in total. The molecule has 0 spiro atoms. The van der Waals surface area contributed by atoms with E-state index in [0.717, 1.165) is 68.1 Å². The third kappa shape index (κ3) is 5.67. The molecule has 2 aliphatic rings. The van der Waals surface area contributed by atoms with Gasteiger partial charge < -0.3 is 15.2 Å². The normalized spacial score (nSPS) is 18.0. The SMILES string of the molecule is COc1ccc(C2=C(c3ccc(O[C@H]4CCN(CCCF)C4)cc3)c3ccc(N)cc3CCC2)cc1C. The Morgan fingerprint density at radius 3 is 2.57 bits per heavy atom. The summed E-state index contributed by atoms with van der Waals surface area (Å²) in [6.45, 7) is 4.48. The maximum Gasteiger partial charge on any atom is 0.121 e. The second kappa shape index (κ2) is 11.4. The third-order valence-corrected chi connectivity index (χ3v) is 7.60. The van der Waals surface area contributed by atoms with Gasteiger partial charge >= 0.3 is 0 Å². The Bertz CT molecular complexity index is 1270. The number of hydrogen-bond acceptors (Lipinski definition) is 4. The molecule has 5 heteroatoms. The van der Waals surface area contributed by atoms with Crippen molar-refractivity contribution in [2.45, 2.75) is 45.1 Å². The van der Waals surface area contributed by atoms with E-state index < -0.39 is 0 Å². The van der Waals surface area contributed by atoms with E-state index in [1.807, 2.05) is 6.07 Å². The first kappa shape index (κ1) is 25.3. The van der Waals surface area contributed by atoms with Crippen LogP contribution in [-0.2, 0) is 6.42 Å². The molecule has 1 atom stereocenters. The maximum atomic E-state index is 12.5. The molecule has 1 heterocycles. The van der Waals surface area contributed by atoms with Crippen LogP contribution in [0, 0.1) is 6.92 Å². The molecular weight excluding hydrogens is 463 g/mol. The van der Waals surface area contributed by atoms with Crippen LogP contribution in [-0.4, -0.2) is 44.4 Å². The second-order valence-electron chi connectivity index (χ2n) is 10.2. The number of ether oxygens (including phenoxy) is 2. The zero-order valence-corrected chi connectivity index (χ0v) is 21.9. The minimum absolute atomic E-state index is 0.157. The number of rotatable bonds is 8. The Morgan fingerprint density at radius 2 is 1.81 bits per heavy atom. The molecular formula is C32H37FN2O2. The van der Waals surface area contributed by atoms with Gasteiger partial charge in [0.2, 0.25) is 0 Å². The quantitative estimate of drug-likeness (QED) is 0.350. The molecule has 0 aromatic heterocycles. The van der Waals surface area contributed by atoms with Crippen LogP contribution in [0.15, 0.2) is 60.7 Å². The third-order valence-electron chi connectivity index (χ3n) is 7.60. The summed E-state index contributed by atoms with van der Waals surface area (Å²) in [6, 6.07) is 21.3. The summed E-state index contributed by atoms with van der Waals surface area (Å²) in [5.74, 6) is 1.79. The van der Waals surface area contributed by atoms with E-state index in [9.17, 15) is 4.39 Å². The van der Waals surface area contributed by atoms with Gasteiger partial charge in [-0.05, 0) is 114 Å². The first-order valence-corrected chi connectivity index (χ1v) is 13.4. The number of methoxy groups -OCH3 is 1. The zero-order valence-electron chi connectivity index (χ0n) is 21.9. The molecule has 1 fully saturated rings. The van der Waals surface area contributed by atoms with Crippen molar-refractivity contribution in [1.82, 2.24) is 4.90 Å². The Labute approximate surface area is 219 Å². The summed E-state index contributed by atoms with van der Waals surface area (Å²) in [4.78, 5) is 2.29. The maximum absolute atomic E-state index is 12.5. The van der Waals surface area contributed by atoms with Crippen molar-refractivity contribution in [3.63, 3.8) is 0 Å². The summed E-state index contributed by atoms with van der Waals surface area (Å²) >= 11 is 0. The molecule has 37 heavy (non-hydrogen) atoms. The highest BCUT2D eigenvalue weighted by atomic mass is 19.1. The number of halogens is 1. The number of nitrogen functional groups attached to an aromatic ring is 1. The topological polar surface area (TPSA) is 47.7 Å². The first-order valence-electron chi connectivity index (χ1n) is 13.4. The molecule has 194 valence electrons.